The van der Waals surface area contributed by atoms with Crippen molar-refractivity contribution in [1.82, 2.24) is 25.8 Å². The summed E-state index contributed by atoms with van der Waals surface area (Å²) < 4.78 is 43.8. The van der Waals surface area contributed by atoms with Crippen molar-refractivity contribution in [1.29, 1.82) is 0 Å². The molecule has 2 aromatic rings. The number of hydroxylamine groups is 1. The summed E-state index contributed by atoms with van der Waals surface area (Å²) in [7, 11) is -3.50. The number of aliphatic imine (C=N–C) groups is 2. The van der Waals surface area contributed by atoms with E-state index in [1.54, 1.807) is 0 Å². The van der Waals surface area contributed by atoms with Crippen molar-refractivity contribution < 1.29 is 22.6 Å². The van der Waals surface area contributed by atoms with Gasteiger partial charge in [0.2, 0.25) is 16.0 Å². The molecule has 15 heteroatoms. The van der Waals surface area contributed by atoms with E-state index in [-0.39, 0.29) is 28.5 Å². The van der Waals surface area contributed by atoms with Gasteiger partial charge in [0.15, 0.2) is 16.6 Å². The fourth-order valence-electron chi connectivity index (χ4n) is 2.16. The Morgan fingerprint density at radius 2 is 2.06 bits per heavy atom. The maximum atomic E-state index is 13.4. The van der Waals surface area contributed by atoms with Gasteiger partial charge in [0.1, 0.15) is 5.82 Å². The first-order chi connectivity index (χ1) is 14.9. The summed E-state index contributed by atoms with van der Waals surface area (Å²) in [6.45, 7) is 5.85. The van der Waals surface area contributed by atoms with Crippen LogP contribution in [0.1, 0.15) is 26.5 Å². The number of aromatic nitrogens is 2. The van der Waals surface area contributed by atoms with E-state index in [1.807, 2.05) is 26.3 Å². The molecular weight excluding hydrogens is 529 g/mol. The molecule has 0 aliphatic heterocycles. The van der Waals surface area contributed by atoms with Gasteiger partial charge in [0, 0.05) is 11.3 Å². The van der Waals surface area contributed by atoms with Crippen LogP contribution in [0.15, 0.2) is 42.3 Å². The molecule has 0 aliphatic carbocycles. The van der Waals surface area contributed by atoms with Gasteiger partial charge >= 0.3 is 0 Å². The molecule has 11 nitrogen and oxygen atoms in total. The molecule has 0 spiro atoms. The van der Waals surface area contributed by atoms with E-state index in [0.29, 0.717) is 16.5 Å². The van der Waals surface area contributed by atoms with E-state index in [1.165, 1.54) is 30.0 Å². The first-order valence-electron chi connectivity index (χ1n) is 9.08. The Morgan fingerprint density at radius 1 is 1.34 bits per heavy atom. The highest BCUT2D eigenvalue weighted by Gasteiger charge is 2.18. The van der Waals surface area contributed by atoms with Gasteiger partial charge in [-0.05, 0) is 65.2 Å². The van der Waals surface area contributed by atoms with Crippen LogP contribution in [0.25, 0.3) is 0 Å². The highest BCUT2D eigenvalue weighted by Crippen LogP contribution is 2.24. The average molecular weight is 552 g/mol. The van der Waals surface area contributed by atoms with Crippen LogP contribution in [0, 0.1) is 5.82 Å². The van der Waals surface area contributed by atoms with Crippen LogP contribution >= 0.6 is 27.7 Å². The number of amidine groups is 1. The maximum absolute atomic E-state index is 13.4. The zero-order valence-corrected chi connectivity index (χ0v) is 20.9. The number of sulfonamides is 1. The normalized spacial score (nSPS) is 13.2. The Hall–Kier alpha value is -2.23. The smallest absolute Gasteiger partial charge is 0.232 e. The fraction of sp³-hybridized carbons (Fsp3) is 0.412. The highest BCUT2D eigenvalue weighted by molar-refractivity contribution is 9.10. The standard InChI is InChI=1S/C17H23BrFN7O4S2/c1-17(2,3)22-16(26-32(4,28)29)20-7-8-31-15-13(24-30-25-15)14(23-27)21-10-5-6-12(19)11(18)9-10/h5-6,9,27H,7-8H2,1-4H3,(H,21,23)(H2,20,22,26). The second-order valence-corrected chi connectivity index (χ2v) is 11.1. The molecule has 2 rings (SSSR count). The van der Waals surface area contributed by atoms with E-state index in [9.17, 15) is 18.0 Å². The molecule has 1 heterocycles. The van der Waals surface area contributed by atoms with Crippen LogP contribution in [-0.4, -0.2) is 59.8 Å². The number of rotatable bonds is 7. The molecule has 0 saturated heterocycles. The second kappa shape index (κ2) is 11.1. The van der Waals surface area contributed by atoms with E-state index < -0.39 is 21.4 Å². The molecule has 0 fully saturated rings. The zero-order chi connectivity index (χ0) is 23.9. The molecule has 176 valence electrons. The van der Waals surface area contributed by atoms with E-state index in [4.69, 9.17) is 4.63 Å². The Morgan fingerprint density at radius 3 is 2.66 bits per heavy atom. The van der Waals surface area contributed by atoms with Gasteiger partial charge in [-0.3, -0.25) is 20.4 Å². The van der Waals surface area contributed by atoms with Crippen LogP contribution in [0.2, 0.25) is 0 Å². The number of nitrogens with one attached hydrogen (secondary N) is 3. The molecule has 0 bridgehead atoms. The number of halogens is 2. The van der Waals surface area contributed by atoms with Crippen LogP contribution in [0.5, 0.6) is 0 Å². The number of hydrogen-bond donors (Lipinski definition) is 4. The average Bonchev–Trinajstić information content (AvgIpc) is 3.11. The Balaban J connectivity index is 2.11. The number of nitrogens with zero attached hydrogens (tertiary/aromatic N) is 4. The summed E-state index contributed by atoms with van der Waals surface area (Å²) in [4.78, 5) is 8.44. The third-order valence-corrected chi connectivity index (χ3v) is 5.41. The minimum Gasteiger partial charge on any atom is -0.351 e. The molecule has 0 aliphatic rings. The van der Waals surface area contributed by atoms with Gasteiger partial charge < -0.3 is 5.32 Å². The maximum Gasteiger partial charge on any atom is 0.232 e. The molecule has 1 aromatic carbocycles. The summed E-state index contributed by atoms with van der Waals surface area (Å²) in [6.07, 6.45) is 1.04. The van der Waals surface area contributed by atoms with Crippen molar-refractivity contribution in [2.24, 2.45) is 9.98 Å². The molecule has 1 aromatic heterocycles. The van der Waals surface area contributed by atoms with Crippen molar-refractivity contribution >= 4 is 55.2 Å². The van der Waals surface area contributed by atoms with Crippen molar-refractivity contribution in [3.8, 4) is 0 Å². The number of thioether (sulfide) groups is 1. The summed E-state index contributed by atoms with van der Waals surface area (Å²) in [6, 6.07) is 4.08. The first kappa shape index (κ1) is 26.0. The number of benzene rings is 1. The molecule has 0 saturated carbocycles. The predicted octanol–water partition coefficient (Wildman–Crippen LogP) is 2.41. The van der Waals surface area contributed by atoms with Gasteiger partial charge in [-0.2, -0.15) is 0 Å². The fourth-order valence-corrected chi connectivity index (χ4v) is 3.73. The Kier molecular flexibility index (Phi) is 9.00. The topological polar surface area (TPSA) is 154 Å². The predicted molar refractivity (Wildman–Crippen MR) is 123 cm³/mol. The monoisotopic (exact) mass is 551 g/mol. The lowest BCUT2D eigenvalue weighted by Crippen LogP contribution is -2.49. The van der Waals surface area contributed by atoms with E-state index in [0.717, 1.165) is 6.26 Å². The van der Waals surface area contributed by atoms with Crippen LogP contribution in [0.3, 0.4) is 0 Å². The number of guanidine groups is 1. The van der Waals surface area contributed by atoms with Crippen molar-refractivity contribution in [2.45, 2.75) is 31.3 Å². The van der Waals surface area contributed by atoms with E-state index in [2.05, 4.69) is 46.3 Å². The molecule has 0 unspecified atom stereocenters. The van der Waals surface area contributed by atoms with Crippen molar-refractivity contribution in [2.75, 3.05) is 18.6 Å². The van der Waals surface area contributed by atoms with Crippen LogP contribution in [0.4, 0.5) is 10.1 Å². The quantitative estimate of drug-likeness (QED) is 0.133. The Labute approximate surface area is 197 Å². The van der Waals surface area contributed by atoms with Gasteiger partial charge in [-0.25, -0.2) is 22.4 Å². The summed E-state index contributed by atoms with van der Waals surface area (Å²) >= 11 is 4.28. The molecule has 4 N–H and O–H groups in total. The molecule has 32 heavy (non-hydrogen) atoms. The van der Waals surface area contributed by atoms with Gasteiger partial charge in [-0.15, -0.1) is 0 Å². The lowest BCUT2D eigenvalue weighted by atomic mass is 10.1. The zero-order valence-electron chi connectivity index (χ0n) is 17.7. The van der Waals surface area contributed by atoms with Gasteiger partial charge in [0.05, 0.1) is 23.0 Å². The molecule has 0 amide bonds. The Bertz CT molecular complexity index is 1100. The largest absolute Gasteiger partial charge is 0.351 e. The summed E-state index contributed by atoms with van der Waals surface area (Å²) in [5.74, 6) is 0.0147. The highest BCUT2D eigenvalue weighted by atomic mass is 79.9. The van der Waals surface area contributed by atoms with Crippen molar-refractivity contribution in [3.05, 3.63) is 34.2 Å². The summed E-state index contributed by atoms with van der Waals surface area (Å²) in [5.41, 5.74) is 2.03. The molecule has 0 atom stereocenters. The lowest BCUT2D eigenvalue weighted by molar-refractivity contribution is 0.234. The first-order valence-corrected chi connectivity index (χ1v) is 12.7. The third-order valence-electron chi connectivity index (χ3n) is 3.31. The lowest BCUT2D eigenvalue weighted by Gasteiger charge is -2.23. The van der Waals surface area contributed by atoms with Gasteiger partial charge in [0.25, 0.3) is 0 Å². The summed E-state index contributed by atoms with van der Waals surface area (Å²) in [5, 5.41) is 20.3. The minimum absolute atomic E-state index is 0.0513. The minimum atomic E-state index is -3.50. The van der Waals surface area contributed by atoms with Gasteiger partial charge in [-0.1, -0.05) is 11.8 Å². The SMILES string of the molecule is CC(C)(C)NC(=NCCSc1nonc1C(=Nc1ccc(F)c(Br)c1)NO)NS(C)(=O)=O. The molecule has 0 radical (unpaired) electrons. The van der Waals surface area contributed by atoms with Crippen molar-refractivity contribution in [3.63, 3.8) is 0 Å². The van der Waals surface area contributed by atoms with E-state index >= 15 is 0 Å². The van der Waals surface area contributed by atoms with Crippen LogP contribution < -0.4 is 15.5 Å². The number of hydrogen-bond acceptors (Lipinski definition) is 9. The second-order valence-electron chi connectivity index (χ2n) is 7.42. The molecular formula is C17H23BrFN7O4S2. The third kappa shape index (κ3) is 8.72. The van der Waals surface area contributed by atoms with Crippen LogP contribution in [-0.2, 0) is 10.0 Å².